The second kappa shape index (κ2) is 8.29. The zero-order chi connectivity index (χ0) is 18.5. The summed E-state index contributed by atoms with van der Waals surface area (Å²) < 4.78 is 0.877. The first-order valence-electron chi connectivity index (χ1n) is 7.78. The molecule has 0 radical (unpaired) electrons. The molecule has 2 N–H and O–H groups in total. The third kappa shape index (κ3) is 4.59. The number of carbonyl (C=O) groups excluding carboxylic acids is 1. The number of H-pyrrole nitrogens is 1. The molecule has 0 aliphatic heterocycles. The van der Waals surface area contributed by atoms with Crippen LogP contribution in [-0.4, -0.2) is 26.3 Å². The van der Waals surface area contributed by atoms with Crippen LogP contribution in [0.1, 0.15) is 6.92 Å². The van der Waals surface area contributed by atoms with Gasteiger partial charge in [0.25, 0.3) is 5.56 Å². The largest absolute Gasteiger partial charge is 0.325 e. The van der Waals surface area contributed by atoms with E-state index in [9.17, 15) is 9.59 Å². The molecule has 0 saturated carbocycles. The molecule has 0 aliphatic carbocycles. The van der Waals surface area contributed by atoms with Crippen LogP contribution in [0.2, 0.25) is 0 Å². The minimum atomic E-state index is -0.457. The molecule has 1 unspecified atom stereocenters. The summed E-state index contributed by atoms with van der Waals surface area (Å²) in [5.74, 6) is -0.192. The Balaban J connectivity index is 1.69. The smallest absolute Gasteiger partial charge is 0.278 e. The molecule has 1 amide bonds. The number of thioether (sulfide) groups is 1. The van der Waals surface area contributed by atoms with Crippen molar-refractivity contribution in [2.45, 2.75) is 17.3 Å². The lowest BCUT2D eigenvalue weighted by atomic mass is 10.2. The van der Waals surface area contributed by atoms with Gasteiger partial charge in [-0.15, -0.1) is 10.2 Å². The first-order valence-corrected chi connectivity index (χ1v) is 9.45. The Hall–Kier alpha value is -2.45. The van der Waals surface area contributed by atoms with E-state index in [1.54, 1.807) is 25.1 Å². The number of carbonyl (C=O) groups is 1. The van der Waals surface area contributed by atoms with E-state index >= 15 is 0 Å². The topological polar surface area (TPSA) is 87.7 Å². The number of amides is 1. The number of nitrogens with zero attached hydrogens (tertiary/aromatic N) is 2. The summed E-state index contributed by atoms with van der Waals surface area (Å²) >= 11 is 4.50. The van der Waals surface area contributed by atoms with Crippen molar-refractivity contribution in [3.8, 4) is 11.3 Å². The monoisotopic (exact) mass is 430 g/mol. The maximum atomic E-state index is 12.3. The normalized spacial score (nSPS) is 11.8. The maximum absolute atomic E-state index is 12.3. The van der Waals surface area contributed by atoms with E-state index in [4.69, 9.17) is 0 Å². The predicted molar refractivity (Wildman–Crippen MR) is 106 cm³/mol. The quantitative estimate of drug-likeness (QED) is 0.602. The molecule has 2 aromatic carbocycles. The fourth-order valence-electron chi connectivity index (χ4n) is 2.19. The van der Waals surface area contributed by atoms with E-state index < -0.39 is 5.25 Å². The average molecular weight is 431 g/mol. The van der Waals surface area contributed by atoms with E-state index in [1.807, 2.05) is 36.4 Å². The van der Waals surface area contributed by atoms with E-state index in [-0.39, 0.29) is 17.2 Å². The van der Waals surface area contributed by atoms with Crippen molar-refractivity contribution in [2.75, 3.05) is 5.32 Å². The molecule has 1 aromatic heterocycles. The van der Waals surface area contributed by atoms with Crippen LogP contribution < -0.4 is 10.9 Å². The maximum Gasteiger partial charge on any atom is 0.278 e. The van der Waals surface area contributed by atoms with Gasteiger partial charge < -0.3 is 5.32 Å². The van der Waals surface area contributed by atoms with Gasteiger partial charge in [0, 0.05) is 15.7 Å². The van der Waals surface area contributed by atoms with Crippen LogP contribution in [0, 0.1) is 0 Å². The van der Waals surface area contributed by atoms with Crippen molar-refractivity contribution in [1.82, 2.24) is 15.2 Å². The molecule has 0 saturated heterocycles. The molecular weight excluding hydrogens is 416 g/mol. The van der Waals surface area contributed by atoms with Crippen LogP contribution in [0.25, 0.3) is 11.3 Å². The SMILES string of the molecule is CC(Sc1nnc(-c2ccccc2)c(=O)[nH]1)C(=O)Nc1cccc(Br)c1. The highest BCUT2D eigenvalue weighted by atomic mass is 79.9. The van der Waals surface area contributed by atoms with Gasteiger partial charge in [-0.1, -0.05) is 64.1 Å². The van der Waals surface area contributed by atoms with E-state index in [0.717, 1.165) is 16.2 Å². The number of hydrogen-bond acceptors (Lipinski definition) is 5. The molecular formula is C18H15BrN4O2S. The number of halogens is 1. The number of aromatic amines is 1. The van der Waals surface area contributed by atoms with Crippen molar-refractivity contribution in [3.05, 3.63) is 69.4 Å². The lowest BCUT2D eigenvalue weighted by Crippen LogP contribution is -2.23. The van der Waals surface area contributed by atoms with Crippen molar-refractivity contribution in [3.63, 3.8) is 0 Å². The highest BCUT2D eigenvalue weighted by Crippen LogP contribution is 2.21. The number of aromatic nitrogens is 3. The Morgan fingerprint density at radius 3 is 2.62 bits per heavy atom. The molecule has 132 valence electrons. The standard InChI is InChI=1S/C18H15BrN4O2S/c1-11(16(24)20-14-9-5-8-13(19)10-14)26-18-21-17(25)15(22-23-18)12-6-3-2-4-7-12/h2-11H,1H3,(H,20,24)(H,21,23,25). The fraction of sp³-hybridized carbons (Fsp3) is 0.111. The molecule has 3 aromatic rings. The highest BCUT2D eigenvalue weighted by molar-refractivity contribution is 9.10. The van der Waals surface area contributed by atoms with E-state index in [2.05, 4.69) is 36.4 Å². The van der Waals surface area contributed by atoms with Gasteiger partial charge in [0.2, 0.25) is 5.91 Å². The zero-order valence-electron chi connectivity index (χ0n) is 13.8. The zero-order valence-corrected chi connectivity index (χ0v) is 16.2. The van der Waals surface area contributed by atoms with Crippen molar-refractivity contribution in [2.24, 2.45) is 0 Å². The molecule has 3 rings (SSSR count). The van der Waals surface area contributed by atoms with Gasteiger partial charge in [-0.25, -0.2) is 0 Å². The molecule has 0 fully saturated rings. The number of benzene rings is 2. The van der Waals surface area contributed by atoms with Gasteiger partial charge >= 0.3 is 0 Å². The van der Waals surface area contributed by atoms with Crippen molar-refractivity contribution in [1.29, 1.82) is 0 Å². The average Bonchev–Trinajstić information content (AvgIpc) is 2.62. The molecule has 6 nitrogen and oxygen atoms in total. The van der Waals surface area contributed by atoms with E-state index in [0.29, 0.717) is 16.4 Å². The number of hydrogen-bond donors (Lipinski definition) is 2. The number of nitrogens with one attached hydrogen (secondary N) is 2. The Kier molecular flexibility index (Phi) is 5.85. The molecule has 0 aliphatic rings. The molecule has 1 atom stereocenters. The first kappa shape index (κ1) is 18.3. The van der Waals surface area contributed by atoms with Crippen LogP contribution in [0.4, 0.5) is 5.69 Å². The Labute approximate surface area is 162 Å². The summed E-state index contributed by atoms with van der Waals surface area (Å²) in [6.45, 7) is 1.74. The summed E-state index contributed by atoms with van der Waals surface area (Å²) in [7, 11) is 0. The first-order chi connectivity index (χ1) is 12.5. The van der Waals surface area contributed by atoms with Gasteiger partial charge in [0.1, 0.15) is 0 Å². The van der Waals surface area contributed by atoms with Crippen LogP contribution in [0.5, 0.6) is 0 Å². The third-order valence-corrected chi connectivity index (χ3v) is 4.94. The summed E-state index contributed by atoms with van der Waals surface area (Å²) in [6, 6.07) is 16.4. The molecule has 0 spiro atoms. The second-order valence-corrected chi connectivity index (χ2v) is 7.68. The predicted octanol–water partition coefficient (Wildman–Crippen LogP) is 3.71. The van der Waals surface area contributed by atoms with E-state index in [1.165, 1.54) is 0 Å². The Morgan fingerprint density at radius 1 is 1.15 bits per heavy atom. The molecule has 0 bridgehead atoms. The van der Waals surface area contributed by atoms with Gasteiger partial charge in [-0.3, -0.25) is 14.6 Å². The summed E-state index contributed by atoms with van der Waals surface area (Å²) in [5, 5.41) is 10.7. The van der Waals surface area contributed by atoms with Crippen LogP contribution >= 0.6 is 27.7 Å². The third-order valence-electron chi connectivity index (χ3n) is 3.47. The Morgan fingerprint density at radius 2 is 1.92 bits per heavy atom. The minimum absolute atomic E-state index is 0.192. The van der Waals surface area contributed by atoms with Crippen LogP contribution in [-0.2, 0) is 4.79 Å². The lowest BCUT2D eigenvalue weighted by molar-refractivity contribution is -0.115. The Bertz CT molecular complexity index is 978. The van der Waals surface area contributed by atoms with Crippen LogP contribution in [0.3, 0.4) is 0 Å². The van der Waals surface area contributed by atoms with Gasteiger partial charge in [0.15, 0.2) is 10.9 Å². The summed E-state index contributed by atoms with van der Waals surface area (Å²) in [6.07, 6.45) is 0. The molecule has 8 heteroatoms. The number of anilines is 1. The van der Waals surface area contributed by atoms with Crippen molar-refractivity contribution < 1.29 is 4.79 Å². The van der Waals surface area contributed by atoms with Gasteiger partial charge in [0.05, 0.1) is 5.25 Å². The summed E-state index contributed by atoms with van der Waals surface area (Å²) in [5.41, 5.74) is 1.29. The lowest BCUT2D eigenvalue weighted by Gasteiger charge is -2.11. The van der Waals surface area contributed by atoms with Gasteiger partial charge in [-0.05, 0) is 25.1 Å². The van der Waals surface area contributed by atoms with Gasteiger partial charge in [-0.2, -0.15) is 0 Å². The second-order valence-electron chi connectivity index (χ2n) is 5.43. The highest BCUT2D eigenvalue weighted by Gasteiger charge is 2.17. The number of rotatable bonds is 5. The molecule has 1 heterocycles. The van der Waals surface area contributed by atoms with Crippen molar-refractivity contribution >= 4 is 39.3 Å². The molecule has 26 heavy (non-hydrogen) atoms. The van der Waals surface area contributed by atoms with Crippen LogP contribution in [0.15, 0.2) is 69.0 Å². The fourth-order valence-corrected chi connectivity index (χ4v) is 3.33. The minimum Gasteiger partial charge on any atom is -0.325 e. The summed E-state index contributed by atoms with van der Waals surface area (Å²) in [4.78, 5) is 27.2.